The van der Waals surface area contributed by atoms with Crippen LogP contribution in [0.1, 0.15) is 27.0 Å². The average molecular weight is 478 g/mol. The summed E-state index contributed by atoms with van der Waals surface area (Å²) in [6, 6.07) is 10.4. The number of hydrogen-bond donors (Lipinski definition) is 1. The van der Waals surface area contributed by atoms with E-state index in [4.69, 9.17) is 0 Å². The molecule has 1 N–H and O–H groups in total. The zero-order valence-corrected chi connectivity index (χ0v) is 17.5. The third kappa shape index (κ3) is 4.34. The average Bonchev–Trinajstić information content (AvgIpc) is 2.82. The Morgan fingerprint density at radius 1 is 1.03 bits per heavy atom. The lowest BCUT2D eigenvalue weighted by Gasteiger charge is -2.16. The van der Waals surface area contributed by atoms with Gasteiger partial charge in [-0.3, -0.25) is 14.2 Å². The van der Waals surface area contributed by atoms with Gasteiger partial charge in [-0.25, -0.2) is 13.2 Å². The molecule has 0 atom stereocenters. The van der Waals surface area contributed by atoms with Gasteiger partial charge >= 0.3 is 0 Å². The lowest BCUT2D eigenvalue weighted by atomic mass is 10.0. The predicted octanol–water partition coefficient (Wildman–Crippen LogP) is 3.93. The summed E-state index contributed by atoms with van der Waals surface area (Å²) in [7, 11) is 0. The van der Waals surface area contributed by atoms with Crippen molar-refractivity contribution in [2.75, 3.05) is 6.61 Å². The number of aromatic hydroxyl groups is 1. The topological polar surface area (TPSA) is 92.3 Å². The molecule has 1 aromatic heterocycles. The number of nitrogens with zero attached hydrogens (tertiary/aromatic N) is 2. The molecule has 6 nitrogen and oxygen atoms in total. The maximum absolute atomic E-state index is 13.8. The minimum absolute atomic E-state index is 0.123. The molecule has 2 aromatic carbocycles. The van der Waals surface area contributed by atoms with Crippen LogP contribution in [0, 0.1) is 47.3 Å². The fourth-order valence-electron chi connectivity index (χ4n) is 3.30. The van der Waals surface area contributed by atoms with Crippen LogP contribution in [0.3, 0.4) is 0 Å². The third-order valence-corrected chi connectivity index (χ3v) is 5.06. The molecule has 0 fully saturated rings. The van der Waals surface area contributed by atoms with E-state index in [1.165, 1.54) is 6.92 Å². The number of benzene rings is 2. The number of carbonyl (C=O) groups is 1. The van der Waals surface area contributed by atoms with Crippen molar-refractivity contribution in [1.29, 1.82) is 5.26 Å². The smallest absolute Gasteiger partial charge is 0.271 e. The van der Waals surface area contributed by atoms with Crippen LogP contribution in [0.4, 0.5) is 22.0 Å². The number of halogens is 5. The number of carbonyl (C=O) groups excluding carboxylic acids is 1. The van der Waals surface area contributed by atoms with Gasteiger partial charge < -0.3 is 9.84 Å². The summed E-state index contributed by atoms with van der Waals surface area (Å²) in [4.78, 5) is 25.3. The van der Waals surface area contributed by atoms with Crippen LogP contribution >= 0.6 is 0 Å². The molecule has 3 aromatic rings. The molecule has 0 aliphatic rings. The molecular weight excluding hydrogens is 463 g/mol. The molecule has 0 aliphatic carbocycles. The van der Waals surface area contributed by atoms with Crippen molar-refractivity contribution in [2.24, 2.45) is 0 Å². The van der Waals surface area contributed by atoms with Gasteiger partial charge in [-0.1, -0.05) is 30.3 Å². The first kappa shape index (κ1) is 24.4. The summed E-state index contributed by atoms with van der Waals surface area (Å²) in [6.45, 7) is -0.191. The van der Waals surface area contributed by atoms with E-state index in [1.807, 2.05) is 0 Å². The lowest BCUT2D eigenvalue weighted by molar-refractivity contribution is 0.0908. The van der Waals surface area contributed by atoms with Gasteiger partial charge in [0, 0.05) is 6.54 Å². The van der Waals surface area contributed by atoms with Crippen molar-refractivity contribution in [3.05, 3.63) is 92.0 Å². The Morgan fingerprint density at radius 2 is 1.59 bits per heavy atom. The van der Waals surface area contributed by atoms with Gasteiger partial charge in [-0.2, -0.15) is 14.0 Å². The summed E-state index contributed by atoms with van der Waals surface area (Å²) in [6.07, 6.45) is 0.247. The highest BCUT2D eigenvalue weighted by molar-refractivity contribution is 6.01. The summed E-state index contributed by atoms with van der Waals surface area (Å²) < 4.78 is 72.9. The van der Waals surface area contributed by atoms with E-state index in [-0.39, 0.29) is 18.5 Å². The van der Waals surface area contributed by atoms with Gasteiger partial charge in [0.15, 0.2) is 12.4 Å². The molecule has 0 saturated heterocycles. The van der Waals surface area contributed by atoms with E-state index in [2.05, 4.69) is 4.74 Å². The van der Waals surface area contributed by atoms with Gasteiger partial charge in [0.2, 0.25) is 40.7 Å². The molecule has 0 bridgehead atoms. The Bertz CT molecular complexity index is 1350. The highest BCUT2D eigenvalue weighted by Gasteiger charge is 2.29. The fourth-order valence-corrected chi connectivity index (χ4v) is 3.30. The van der Waals surface area contributed by atoms with Crippen LogP contribution in [0.2, 0.25) is 0 Å². The number of Topliss-reactive ketones (excluding diaryl/α,β-unsaturated/α-hetero) is 1. The van der Waals surface area contributed by atoms with Crippen LogP contribution in [0.5, 0.6) is 11.6 Å². The Labute approximate surface area is 189 Å². The van der Waals surface area contributed by atoms with Crippen molar-refractivity contribution in [3.63, 3.8) is 0 Å². The molecule has 176 valence electrons. The van der Waals surface area contributed by atoms with Gasteiger partial charge in [0.05, 0.1) is 5.56 Å². The second-order valence-electron chi connectivity index (χ2n) is 7.11. The maximum Gasteiger partial charge on any atom is 0.271 e. The zero-order chi connectivity index (χ0) is 25.2. The van der Waals surface area contributed by atoms with Crippen molar-refractivity contribution >= 4 is 5.78 Å². The van der Waals surface area contributed by atoms with Crippen LogP contribution in [0.15, 0.2) is 35.1 Å². The minimum Gasteiger partial charge on any atom is -0.494 e. The molecule has 3 rings (SSSR count). The zero-order valence-electron chi connectivity index (χ0n) is 17.5. The van der Waals surface area contributed by atoms with E-state index in [0.717, 1.165) is 10.1 Å². The third-order valence-electron chi connectivity index (χ3n) is 5.06. The molecule has 0 radical (unpaired) electrons. The molecule has 0 unspecified atom stereocenters. The maximum atomic E-state index is 13.8. The Balaban J connectivity index is 1.97. The van der Waals surface area contributed by atoms with E-state index < -0.39 is 69.8 Å². The second-order valence-corrected chi connectivity index (χ2v) is 7.11. The molecule has 1 heterocycles. The van der Waals surface area contributed by atoms with Crippen molar-refractivity contribution < 1.29 is 36.6 Å². The Kier molecular flexibility index (Phi) is 7.00. The number of ketones is 1. The summed E-state index contributed by atoms with van der Waals surface area (Å²) in [5.41, 5.74) is -1.34. The minimum atomic E-state index is -2.40. The van der Waals surface area contributed by atoms with Crippen LogP contribution < -0.4 is 10.3 Å². The highest BCUT2D eigenvalue weighted by atomic mass is 19.2. The number of aryl methyl sites for hydroxylation is 1. The standard InChI is InChI=1S/C23H15F5N2O4/c1-11-13(9-29)22(32)30(8-7-12-5-3-2-4-6-12)23(33)15(11)14(31)10-34-21-19(27)17(25)16(24)18(26)20(21)28/h2-6,33H,7-8,10H2,1H3. The van der Waals surface area contributed by atoms with Gasteiger partial charge in [0.25, 0.3) is 5.56 Å². The predicted molar refractivity (Wildman–Crippen MR) is 108 cm³/mol. The van der Waals surface area contributed by atoms with E-state index in [9.17, 15) is 41.9 Å². The fraction of sp³-hybridized carbons (Fsp3) is 0.174. The van der Waals surface area contributed by atoms with Crippen LogP contribution in [-0.4, -0.2) is 22.1 Å². The largest absolute Gasteiger partial charge is 0.494 e. The number of ether oxygens (including phenoxy) is 1. The number of hydrogen-bond acceptors (Lipinski definition) is 5. The normalized spacial score (nSPS) is 10.7. The molecule has 0 aliphatic heterocycles. The summed E-state index contributed by atoms with van der Waals surface area (Å²) in [5.74, 6) is -15.2. The number of rotatable bonds is 7. The van der Waals surface area contributed by atoms with Crippen molar-refractivity contribution in [2.45, 2.75) is 19.9 Å². The first-order valence-electron chi connectivity index (χ1n) is 9.67. The molecular formula is C23H15F5N2O4. The molecule has 0 amide bonds. The Morgan fingerprint density at radius 3 is 2.15 bits per heavy atom. The quantitative estimate of drug-likeness (QED) is 0.241. The molecule has 0 saturated carbocycles. The first-order valence-corrected chi connectivity index (χ1v) is 9.67. The molecule has 11 heteroatoms. The first-order chi connectivity index (χ1) is 16.1. The van der Waals surface area contributed by atoms with Crippen molar-refractivity contribution in [1.82, 2.24) is 4.57 Å². The van der Waals surface area contributed by atoms with E-state index >= 15 is 0 Å². The van der Waals surface area contributed by atoms with Crippen molar-refractivity contribution in [3.8, 4) is 17.7 Å². The van der Waals surface area contributed by atoms with E-state index in [1.54, 1.807) is 36.4 Å². The Hall–Kier alpha value is -4.20. The lowest BCUT2D eigenvalue weighted by Crippen LogP contribution is -2.28. The van der Waals surface area contributed by atoms with Gasteiger partial charge in [-0.05, 0) is 24.5 Å². The van der Waals surface area contributed by atoms with E-state index in [0.29, 0.717) is 0 Å². The van der Waals surface area contributed by atoms with Gasteiger partial charge in [0.1, 0.15) is 11.6 Å². The summed E-state index contributed by atoms with van der Waals surface area (Å²) >= 11 is 0. The molecule has 34 heavy (non-hydrogen) atoms. The SMILES string of the molecule is Cc1c(C(=O)COc2c(F)c(F)c(F)c(F)c2F)c(O)n(CCc2ccccc2)c(=O)c1C#N. The highest BCUT2D eigenvalue weighted by Crippen LogP contribution is 2.30. The molecule has 0 spiro atoms. The monoisotopic (exact) mass is 478 g/mol. The van der Waals surface area contributed by atoms with Crippen LogP contribution in [-0.2, 0) is 13.0 Å². The van der Waals surface area contributed by atoms with Gasteiger partial charge in [-0.15, -0.1) is 0 Å². The second kappa shape index (κ2) is 9.74. The number of aromatic nitrogens is 1. The summed E-state index contributed by atoms with van der Waals surface area (Å²) in [5, 5.41) is 20.0. The van der Waals surface area contributed by atoms with Crippen LogP contribution in [0.25, 0.3) is 0 Å². The number of nitriles is 1. The number of pyridine rings is 1.